The van der Waals surface area contributed by atoms with Crippen molar-refractivity contribution < 1.29 is 0 Å². The Morgan fingerprint density at radius 1 is 1.21 bits per heavy atom. The summed E-state index contributed by atoms with van der Waals surface area (Å²) in [5.41, 5.74) is 1.43. The Kier molecular flexibility index (Phi) is 6.11. The van der Waals surface area contributed by atoms with Crippen molar-refractivity contribution in [2.45, 2.75) is 53.0 Å². The molecule has 8 heteroatoms. The summed E-state index contributed by atoms with van der Waals surface area (Å²) >= 11 is 7.21. The normalized spacial score (nSPS) is 17.1. The smallest absolute Gasteiger partial charge is 0.263 e. The number of rotatable bonds is 4. The molecule has 2 aromatic heterocycles. The Morgan fingerprint density at radius 3 is 2.62 bits per heavy atom. The van der Waals surface area contributed by atoms with E-state index in [2.05, 4.69) is 35.9 Å². The number of hydrogen-bond acceptors (Lipinski definition) is 5. The summed E-state index contributed by atoms with van der Waals surface area (Å²) in [7, 11) is 0. The first kappa shape index (κ1) is 20.6. The highest BCUT2D eigenvalue weighted by Crippen LogP contribution is 2.34. The number of thiophene rings is 1. The summed E-state index contributed by atoms with van der Waals surface area (Å²) in [6.07, 6.45) is 4.52. The van der Waals surface area contributed by atoms with Gasteiger partial charge in [0.05, 0.1) is 5.39 Å². The third-order valence-electron chi connectivity index (χ3n) is 5.78. The summed E-state index contributed by atoms with van der Waals surface area (Å²) in [4.78, 5) is 25.4. The van der Waals surface area contributed by atoms with Gasteiger partial charge in [-0.25, -0.2) is 4.98 Å². The predicted molar refractivity (Wildman–Crippen MR) is 125 cm³/mol. The number of anilines is 1. The Hall–Kier alpha value is -1.67. The standard InChI is InChI=1S/C21H31N5OS2/c1-4-22-21(28)25-11-9-24(10-12-25)20-23-18-17(19(27)26(20)13-14(2)3)15-7-5-6-8-16(15)29-18/h14H,4-13H2,1-3H3,(H,22,28). The first-order valence-corrected chi connectivity index (χ1v) is 12.0. The van der Waals surface area contributed by atoms with Crippen LogP contribution in [0.2, 0.25) is 0 Å². The van der Waals surface area contributed by atoms with Crippen molar-refractivity contribution in [3.63, 3.8) is 0 Å². The molecule has 2 aromatic rings. The number of aromatic nitrogens is 2. The SMILES string of the molecule is CCNC(=S)N1CCN(c2nc3sc4c(c3c(=O)n2CC(C)C)CCCC4)CC1. The van der Waals surface area contributed by atoms with Gasteiger partial charge in [-0.1, -0.05) is 13.8 Å². The van der Waals surface area contributed by atoms with Crippen LogP contribution < -0.4 is 15.8 Å². The van der Waals surface area contributed by atoms with Crippen molar-refractivity contribution in [1.82, 2.24) is 19.8 Å². The van der Waals surface area contributed by atoms with Gasteiger partial charge in [-0.2, -0.15) is 0 Å². The Bertz CT molecular complexity index is 956. The summed E-state index contributed by atoms with van der Waals surface area (Å²) in [6.45, 7) is 11.3. The summed E-state index contributed by atoms with van der Waals surface area (Å²) < 4.78 is 1.94. The molecule has 0 bridgehead atoms. The molecule has 0 aromatic carbocycles. The molecule has 0 spiro atoms. The second-order valence-corrected chi connectivity index (χ2v) is 9.89. The maximum Gasteiger partial charge on any atom is 0.263 e. The number of hydrogen-bond donors (Lipinski definition) is 1. The van der Waals surface area contributed by atoms with Crippen LogP contribution in [0.3, 0.4) is 0 Å². The molecular weight excluding hydrogens is 402 g/mol. The lowest BCUT2D eigenvalue weighted by Crippen LogP contribution is -2.52. The van der Waals surface area contributed by atoms with Crippen LogP contribution in [0, 0.1) is 5.92 Å². The van der Waals surface area contributed by atoms with Crippen molar-refractivity contribution in [2.75, 3.05) is 37.6 Å². The molecule has 4 rings (SSSR count). The average Bonchev–Trinajstić information content (AvgIpc) is 3.08. The second-order valence-electron chi connectivity index (χ2n) is 8.42. The van der Waals surface area contributed by atoms with Crippen molar-refractivity contribution in [1.29, 1.82) is 0 Å². The fraction of sp³-hybridized carbons (Fsp3) is 0.667. The maximum atomic E-state index is 13.6. The minimum absolute atomic E-state index is 0.156. The van der Waals surface area contributed by atoms with Crippen molar-refractivity contribution in [3.8, 4) is 0 Å². The predicted octanol–water partition coefficient (Wildman–Crippen LogP) is 3.01. The quantitative estimate of drug-likeness (QED) is 0.748. The molecule has 1 N–H and O–H groups in total. The molecule has 0 unspecified atom stereocenters. The zero-order valence-corrected chi connectivity index (χ0v) is 19.3. The third kappa shape index (κ3) is 4.01. The van der Waals surface area contributed by atoms with E-state index in [-0.39, 0.29) is 5.56 Å². The molecule has 1 aliphatic heterocycles. The van der Waals surface area contributed by atoms with Gasteiger partial charge in [-0.05, 0) is 56.3 Å². The molecule has 158 valence electrons. The largest absolute Gasteiger partial charge is 0.363 e. The molecule has 3 heterocycles. The molecule has 1 fully saturated rings. The molecule has 29 heavy (non-hydrogen) atoms. The van der Waals surface area contributed by atoms with E-state index in [0.29, 0.717) is 12.5 Å². The lowest BCUT2D eigenvalue weighted by atomic mass is 9.97. The molecule has 0 atom stereocenters. The zero-order valence-electron chi connectivity index (χ0n) is 17.7. The van der Waals surface area contributed by atoms with Gasteiger partial charge in [0.25, 0.3) is 5.56 Å². The van der Waals surface area contributed by atoms with E-state index in [1.807, 2.05) is 4.57 Å². The van der Waals surface area contributed by atoms with Gasteiger partial charge in [0.1, 0.15) is 4.83 Å². The number of nitrogens with zero attached hydrogens (tertiary/aromatic N) is 4. The highest BCUT2D eigenvalue weighted by molar-refractivity contribution is 7.80. The van der Waals surface area contributed by atoms with E-state index in [1.165, 1.54) is 23.3 Å². The van der Waals surface area contributed by atoms with Gasteiger partial charge >= 0.3 is 0 Å². The highest BCUT2D eigenvalue weighted by atomic mass is 32.1. The van der Waals surface area contributed by atoms with Crippen LogP contribution >= 0.6 is 23.6 Å². The van der Waals surface area contributed by atoms with E-state index < -0.39 is 0 Å². The Morgan fingerprint density at radius 2 is 1.93 bits per heavy atom. The number of thiocarbonyl (C=S) groups is 1. The Labute approximate surface area is 181 Å². The monoisotopic (exact) mass is 433 g/mol. The van der Waals surface area contributed by atoms with Gasteiger partial charge in [-0.15, -0.1) is 11.3 Å². The number of nitrogens with one attached hydrogen (secondary N) is 1. The lowest BCUT2D eigenvalue weighted by molar-refractivity contribution is 0.373. The first-order valence-electron chi connectivity index (χ1n) is 10.8. The van der Waals surface area contributed by atoms with Gasteiger partial charge in [-0.3, -0.25) is 9.36 Å². The van der Waals surface area contributed by atoms with E-state index >= 15 is 0 Å². The van der Waals surface area contributed by atoms with E-state index in [4.69, 9.17) is 17.2 Å². The van der Waals surface area contributed by atoms with Gasteiger partial charge in [0.2, 0.25) is 5.95 Å². The van der Waals surface area contributed by atoms with Crippen molar-refractivity contribution in [2.24, 2.45) is 5.92 Å². The number of piperazine rings is 1. The van der Waals surface area contributed by atoms with Crippen molar-refractivity contribution >= 4 is 44.8 Å². The minimum Gasteiger partial charge on any atom is -0.363 e. The second kappa shape index (κ2) is 8.60. The fourth-order valence-corrected chi connectivity index (χ4v) is 5.95. The van der Waals surface area contributed by atoms with Crippen LogP contribution in [0.1, 0.15) is 44.1 Å². The van der Waals surface area contributed by atoms with Crippen LogP contribution in [0.5, 0.6) is 0 Å². The van der Waals surface area contributed by atoms with E-state index in [9.17, 15) is 4.79 Å². The van der Waals surface area contributed by atoms with Crippen LogP contribution in [0.15, 0.2) is 4.79 Å². The molecule has 2 aliphatic rings. The van der Waals surface area contributed by atoms with Crippen LogP contribution in [0.4, 0.5) is 5.95 Å². The minimum atomic E-state index is 0.156. The summed E-state index contributed by atoms with van der Waals surface area (Å²) in [5.74, 6) is 1.23. The van der Waals surface area contributed by atoms with Crippen LogP contribution in [-0.4, -0.2) is 52.3 Å². The first-order chi connectivity index (χ1) is 14.0. The molecule has 1 aliphatic carbocycles. The zero-order chi connectivity index (χ0) is 20.5. The van der Waals surface area contributed by atoms with Gasteiger partial charge < -0.3 is 15.1 Å². The van der Waals surface area contributed by atoms with E-state index in [0.717, 1.165) is 66.8 Å². The Balaban J connectivity index is 1.70. The average molecular weight is 434 g/mol. The van der Waals surface area contributed by atoms with Gasteiger partial charge in [0.15, 0.2) is 5.11 Å². The molecular formula is C21H31N5OS2. The highest BCUT2D eigenvalue weighted by Gasteiger charge is 2.26. The maximum absolute atomic E-state index is 13.6. The van der Waals surface area contributed by atoms with Crippen molar-refractivity contribution in [3.05, 3.63) is 20.8 Å². The summed E-state index contributed by atoms with van der Waals surface area (Å²) in [5, 5.41) is 4.95. The van der Waals surface area contributed by atoms with Crippen LogP contribution in [0.25, 0.3) is 10.2 Å². The molecule has 0 radical (unpaired) electrons. The number of fused-ring (bicyclic) bond motifs is 3. The molecule has 1 saturated heterocycles. The summed E-state index contributed by atoms with van der Waals surface area (Å²) in [6, 6.07) is 0. The third-order valence-corrected chi connectivity index (χ3v) is 7.37. The molecule has 6 nitrogen and oxygen atoms in total. The molecule has 0 amide bonds. The number of aryl methyl sites for hydroxylation is 2. The molecule has 0 saturated carbocycles. The van der Waals surface area contributed by atoms with Gasteiger partial charge in [0, 0.05) is 44.1 Å². The fourth-order valence-electron chi connectivity index (χ4n) is 4.37. The lowest BCUT2D eigenvalue weighted by Gasteiger charge is -2.37. The van der Waals surface area contributed by atoms with Crippen LogP contribution in [-0.2, 0) is 19.4 Å². The van der Waals surface area contributed by atoms with E-state index in [1.54, 1.807) is 11.3 Å². The topological polar surface area (TPSA) is 53.4 Å².